The van der Waals surface area contributed by atoms with E-state index in [1.165, 1.54) is 12.0 Å². The third kappa shape index (κ3) is 4.15. The summed E-state index contributed by atoms with van der Waals surface area (Å²) in [5.74, 6) is 1.77. The van der Waals surface area contributed by atoms with Gasteiger partial charge in [0.15, 0.2) is 5.17 Å². The Balaban J connectivity index is 2.02. The molecule has 0 radical (unpaired) electrons. The minimum absolute atomic E-state index is 0.259. The summed E-state index contributed by atoms with van der Waals surface area (Å²) in [4.78, 5) is 4.81. The molecule has 0 saturated carbocycles. The van der Waals surface area contributed by atoms with E-state index in [0.29, 0.717) is 12.0 Å². The second-order valence-corrected chi connectivity index (χ2v) is 6.82. The molecule has 2 rings (SSSR count). The highest BCUT2D eigenvalue weighted by atomic mass is 35.5. The van der Waals surface area contributed by atoms with Gasteiger partial charge in [0.25, 0.3) is 0 Å². The monoisotopic (exact) mass is 296 g/mol. The Morgan fingerprint density at radius 1 is 1.26 bits per heavy atom. The molecule has 0 spiro atoms. The first-order valence-corrected chi connectivity index (χ1v) is 8.15. The van der Waals surface area contributed by atoms with Crippen LogP contribution in [-0.2, 0) is 0 Å². The summed E-state index contributed by atoms with van der Waals surface area (Å²) in [5, 5.41) is 5.36. The molecule has 1 heterocycles. The molecule has 1 aliphatic heterocycles. The Kier molecular flexibility index (Phi) is 5.17. The second-order valence-electron chi connectivity index (χ2n) is 5.30. The van der Waals surface area contributed by atoms with Gasteiger partial charge in [-0.15, -0.1) is 0 Å². The average Bonchev–Trinajstić information content (AvgIpc) is 2.39. The van der Waals surface area contributed by atoms with Crippen LogP contribution >= 0.6 is 23.4 Å². The quantitative estimate of drug-likeness (QED) is 0.887. The first-order chi connectivity index (χ1) is 9.06. The number of nitrogens with zero attached hydrogens (tertiary/aromatic N) is 1. The van der Waals surface area contributed by atoms with Crippen molar-refractivity contribution in [2.45, 2.75) is 39.3 Å². The van der Waals surface area contributed by atoms with E-state index in [4.69, 9.17) is 16.6 Å². The predicted octanol–water partition coefficient (Wildman–Crippen LogP) is 4.51. The molecule has 0 bridgehead atoms. The van der Waals surface area contributed by atoms with E-state index < -0.39 is 0 Å². The van der Waals surface area contributed by atoms with Gasteiger partial charge in [-0.05, 0) is 37.0 Å². The van der Waals surface area contributed by atoms with Crippen LogP contribution in [0.5, 0.6) is 0 Å². The van der Waals surface area contributed by atoms with Gasteiger partial charge in [0, 0.05) is 10.8 Å². The van der Waals surface area contributed by atoms with E-state index in [0.717, 1.165) is 15.9 Å². The average molecular weight is 297 g/mol. The molecule has 2 unspecified atom stereocenters. The number of hydrogen-bond acceptors (Lipinski definition) is 3. The van der Waals surface area contributed by atoms with Crippen molar-refractivity contribution in [1.29, 1.82) is 0 Å². The van der Waals surface area contributed by atoms with Crippen LogP contribution in [0, 0.1) is 5.92 Å². The summed E-state index contributed by atoms with van der Waals surface area (Å²) >= 11 is 7.74. The molecule has 0 aromatic heterocycles. The molecule has 19 heavy (non-hydrogen) atoms. The highest BCUT2D eigenvalue weighted by molar-refractivity contribution is 8.13. The number of thioether (sulfide) groups is 1. The first kappa shape index (κ1) is 14.7. The fraction of sp³-hybridized carbons (Fsp3) is 0.533. The molecule has 104 valence electrons. The summed E-state index contributed by atoms with van der Waals surface area (Å²) in [5.41, 5.74) is 1.24. The maximum Gasteiger partial charge on any atom is 0.157 e. The van der Waals surface area contributed by atoms with E-state index in [-0.39, 0.29) is 6.04 Å². The van der Waals surface area contributed by atoms with Crippen LogP contribution in [0.25, 0.3) is 0 Å². The lowest BCUT2D eigenvalue weighted by Gasteiger charge is -2.25. The third-order valence-corrected chi connectivity index (χ3v) is 4.60. The minimum atomic E-state index is 0.259. The Morgan fingerprint density at radius 2 is 1.95 bits per heavy atom. The van der Waals surface area contributed by atoms with Crippen molar-refractivity contribution in [3.05, 3.63) is 34.9 Å². The zero-order valence-corrected chi connectivity index (χ0v) is 13.3. The Bertz CT molecular complexity index is 442. The van der Waals surface area contributed by atoms with Crippen molar-refractivity contribution in [1.82, 2.24) is 5.32 Å². The van der Waals surface area contributed by atoms with Crippen LogP contribution in [0.15, 0.2) is 29.3 Å². The van der Waals surface area contributed by atoms with E-state index in [1.807, 2.05) is 23.9 Å². The lowest BCUT2D eigenvalue weighted by atomic mass is 10.0. The van der Waals surface area contributed by atoms with Crippen molar-refractivity contribution < 1.29 is 0 Å². The third-order valence-electron chi connectivity index (χ3n) is 3.42. The largest absolute Gasteiger partial charge is 0.358 e. The van der Waals surface area contributed by atoms with Gasteiger partial charge in [0.2, 0.25) is 0 Å². The molecule has 1 N–H and O–H groups in total. The predicted molar refractivity (Wildman–Crippen MR) is 86.1 cm³/mol. The fourth-order valence-corrected chi connectivity index (χ4v) is 3.26. The molecule has 2 nitrogen and oxygen atoms in total. The lowest BCUT2D eigenvalue weighted by Crippen LogP contribution is -2.30. The van der Waals surface area contributed by atoms with Crippen LogP contribution in [0.1, 0.15) is 38.8 Å². The number of aliphatic imine (C=N–C) groups is 1. The highest BCUT2D eigenvalue weighted by Gasteiger charge is 2.19. The second kappa shape index (κ2) is 6.67. The molecule has 2 atom stereocenters. The fourth-order valence-electron chi connectivity index (χ4n) is 2.11. The number of halogens is 1. The van der Waals surface area contributed by atoms with Gasteiger partial charge in [0.1, 0.15) is 0 Å². The zero-order chi connectivity index (χ0) is 13.8. The zero-order valence-electron chi connectivity index (χ0n) is 11.7. The molecule has 1 aromatic carbocycles. The molecule has 0 aliphatic carbocycles. The number of benzene rings is 1. The van der Waals surface area contributed by atoms with Crippen molar-refractivity contribution >= 4 is 28.5 Å². The minimum Gasteiger partial charge on any atom is -0.358 e. The van der Waals surface area contributed by atoms with Gasteiger partial charge in [-0.2, -0.15) is 0 Å². The van der Waals surface area contributed by atoms with Crippen LogP contribution < -0.4 is 5.32 Å². The summed E-state index contributed by atoms with van der Waals surface area (Å²) in [7, 11) is 0. The number of rotatable bonds is 3. The van der Waals surface area contributed by atoms with Crippen LogP contribution in [-0.4, -0.2) is 17.0 Å². The summed E-state index contributed by atoms with van der Waals surface area (Å²) in [6.45, 7) is 6.64. The van der Waals surface area contributed by atoms with Crippen molar-refractivity contribution in [3.63, 3.8) is 0 Å². The molecule has 0 fully saturated rings. The van der Waals surface area contributed by atoms with Gasteiger partial charge < -0.3 is 5.32 Å². The molecule has 1 aliphatic rings. The van der Waals surface area contributed by atoms with Gasteiger partial charge in [-0.25, -0.2) is 0 Å². The summed E-state index contributed by atoms with van der Waals surface area (Å²) in [6, 6.07) is 8.71. The molecule has 4 heteroatoms. The summed E-state index contributed by atoms with van der Waals surface area (Å²) < 4.78 is 0. The molecule has 0 saturated heterocycles. The number of amidine groups is 1. The lowest BCUT2D eigenvalue weighted by molar-refractivity contribution is 0.482. The van der Waals surface area contributed by atoms with E-state index in [1.54, 1.807) is 0 Å². The number of nitrogens with one attached hydrogen (secondary N) is 1. The SMILES string of the molecule is CC(NC1=NC(C(C)C)CCS1)c1ccc(Cl)cc1. The van der Waals surface area contributed by atoms with E-state index in [9.17, 15) is 0 Å². The summed E-state index contributed by atoms with van der Waals surface area (Å²) in [6.07, 6.45) is 1.18. The Morgan fingerprint density at radius 3 is 2.58 bits per heavy atom. The maximum atomic E-state index is 5.91. The standard InChI is InChI=1S/C15H21ClN2S/c1-10(2)14-8-9-19-15(18-14)17-11(3)12-4-6-13(16)7-5-12/h4-7,10-11,14H,8-9H2,1-3H3,(H,17,18). The van der Waals surface area contributed by atoms with Crippen LogP contribution in [0.2, 0.25) is 5.02 Å². The number of hydrogen-bond donors (Lipinski definition) is 1. The molecule has 1 aromatic rings. The smallest absolute Gasteiger partial charge is 0.157 e. The van der Waals surface area contributed by atoms with Gasteiger partial charge >= 0.3 is 0 Å². The van der Waals surface area contributed by atoms with Crippen molar-refractivity contribution in [3.8, 4) is 0 Å². The topological polar surface area (TPSA) is 24.4 Å². The van der Waals surface area contributed by atoms with Crippen molar-refractivity contribution in [2.75, 3.05) is 5.75 Å². The highest BCUT2D eigenvalue weighted by Crippen LogP contribution is 2.24. The van der Waals surface area contributed by atoms with Gasteiger partial charge in [-0.3, -0.25) is 4.99 Å². The van der Waals surface area contributed by atoms with E-state index in [2.05, 4.69) is 38.2 Å². The van der Waals surface area contributed by atoms with Gasteiger partial charge in [-0.1, -0.05) is 49.3 Å². The van der Waals surface area contributed by atoms with Crippen LogP contribution in [0.3, 0.4) is 0 Å². The van der Waals surface area contributed by atoms with E-state index >= 15 is 0 Å². The molecular weight excluding hydrogens is 276 g/mol. The maximum absolute atomic E-state index is 5.91. The van der Waals surface area contributed by atoms with Gasteiger partial charge in [0.05, 0.1) is 12.1 Å². The molecule has 0 amide bonds. The Labute approximate surface area is 125 Å². The van der Waals surface area contributed by atoms with Crippen molar-refractivity contribution in [2.24, 2.45) is 10.9 Å². The first-order valence-electron chi connectivity index (χ1n) is 6.79. The van der Waals surface area contributed by atoms with Crippen LogP contribution in [0.4, 0.5) is 0 Å². The normalized spacial score (nSPS) is 21.1. The Hall–Kier alpha value is -0.670. The molecular formula is C15H21ClN2S.